The fourth-order valence-corrected chi connectivity index (χ4v) is 4.96. The predicted molar refractivity (Wildman–Crippen MR) is 116 cm³/mol. The van der Waals surface area contributed by atoms with Crippen molar-refractivity contribution in [3.05, 3.63) is 71.2 Å². The van der Waals surface area contributed by atoms with E-state index < -0.39 is 0 Å². The maximum absolute atomic E-state index is 13.5. The minimum Gasteiger partial charge on any atom is -0.497 e. The van der Waals surface area contributed by atoms with Gasteiger partial charge in [-0.25, -0.2) is 14.4 Å². The SMILES string of the molecule is COc1ccc(-c2nc(NCc3cccc(F)c3)nc3c2CC2CC3C2(C)C)cc1. The van der Waals surface area contributed by atoms with Crippen LogP contribution in [0.1, 0.15) is 43.0 Å². The predicted octanol–water partition coefficient (Wildman–Crippen LogP) is 5.59. The summed E-state index contributed by atoms with van der Waals surface area (Å²) in [6.45, 7) is 5.18. The Kier molecular flexibility index (Phi) is 4.49. The molecular weight excluding hydrogens is 377 g/mol. The van der Waals surface area contributed by atoms with Gasteiger partial charge >= 0.3 is 0 Å². The molecule has 0 aliphatic heterocycles. The summed E-state index contributed by atoms with van der Waals surface area (Å²) < 4.78 is 18.9. The molecule has 1 aromatic heterocycles. The van der Waals surface area contributed by atoms with Crippen molar-refractivity contribution in [2.45, 2.75) is 39.2 Å². The summed E-state index contributed by atoms with van der Waals surface area (Å²) >= 11 is 0. The Morgan fingerprint density at radius 1 is 1.13 bits per heavy atom. The molecule has 5 heteroatoms. The molecule has 1 fully saturated rings. The lowest BCUT2D eigenvalue weighted by atomic mass is 9.48. The highest BCUT2D eigenvalue weighted by molar-refractivity contribution is 5.67. The van der Waals surface area contributed by atoms with Gasteiger partial charge in [0.05, 0.1) is 18.5 Å². The van der Waals surface area contributed by atoms with Crippen LogP contribution in [0.15, 0.2) is 48.5 Å². The number of anilines is 1. The van der Waals surface area contributed by atoms with Crippen LogP contribution in [-0.4, -0.2) is 17.1 Å². The van der Waals surface area contributed by atoms with Gasteiger partial charge in [-0.3, -0.25) is 0 Å². The third kappa shape index (κ3) is 3.13. The second-order valence-corrected chi connectivity index (χ2v) is 8.98. The molecule has 2 unspecified atom stereocenters. The molecule has 4 nitrogen and oxygen atoms in total. The normalized spacial score (nSPS) is 20.8. The molecular formula is C25H26FN3O. The Morgan fingerprint density at radius 3 is 2.63 bits per heavy atom. The Hall–Kier alpha value is -2.95. The first-order chi connectivity index (χ1) is 14.5. The minimum absolute atomic E-state index is 0.234. The molecule has 0 spiro atoms. The van der Waals surface area contributed by atoms with Gasteiger partial charge in [-0.05, 0) is 66.1 Å². The van der Waals surface area contributed by atoms with Crippen LogP contribution in [0.25, 0.3) is 11.3 Å². The van der Waals surface area contributed by atoms with E-state index in [4.69, 9.17) is 14.7 Å². The molecule has 0 radical (unpaired) electrons. The van der Waals surface area contributed by atoms with Crippen molar-refractivity contribution in [3.63, 3.8) is 0 Å². The summed E-state index contributed by atoms with van der Waals surface area (Å²) in [5.74, 6) is 2.34. The molecule has 30 heavy (non-hydrogen) atoms. The van der Waals surface area contributed by atoms with Crippen molar-refractivity contribution in [1.29, 1.82) is 0 Å². The van der Waals surface area contributed by atoms with Crippen molar-refractivity contribution < 1.29 is 9.13 Å². The quantitative estimate of drug-likeness (QED) is 0.603. The molecule has 1 heterocycles. The third-order valence-corrected chi connectivity index (χ3v) is 6.99. The van der Waals surface area contributed by atoms with Gasteiger partial charge in [0.15, 0.2) is 0 Å². The first kappa shape index (κ1) is 19.0. The van der Waals surface area contributed by atoms with Gasteiger partial charge in [0.2, 0.25) is 5.95 Å². The lowest BCUT2D eigenvalue weighted by Crippen LogP contribution is -2.48. The van der Waals surface area contributed by atoms with E-state index in [0.29, 0.717) is 24.3 Å². The van der Waals surface area contributed by atoms with E-state index in [1.165, 1.54) is 29.8 Å². The molecule has 1 saturated carbocycles. The van der Waals surface area contributed by atoms with Crippen LogP contribution in [0.4, 0.5) is 10.3 Å². The number of nitrogens with zero attached hydrogens (tertiary/aromatic N) is 2. The number of halogens is 1. The second-order valence-electron chi connectivity index (χ2n) is 8.98. The maximum Gasteiger partial charge on any atom is 0.223 e. The number of rotatable bonds is 5. The van der Waals surface area contributed by atoms with Crippen molar-refractivity contribution in [2.75, 3.05) is 12.4 Å². The summed E-state index contributed by atoms with van der Waals surface area (Å²) in [6.07, 6.45) is 2.22. The number of aromatic nitrogens is 2. The monoisotopic (exact) mass is 403 g/mol. The van der Waals surface area contributed by atoms with Gasteiger partial charge in [0, 0.05) is 23.6 Å². The van der Waals surface area contributed by atoms with Crippen LogP contribution in [0.3, 0.4) is 0 Å². The Morgan fingerprint density at radius 2 is 1.93 bits per heavy atom. The number of ether oxygens (including phenoxy) is 1. The van der Waals surface area contributed by atoms with Gasteiger partial charge in [-0.2, -0.15) is 0 Å². The summed E-state index contributed by atoms with van der Waals surface area (Å²) in [4.78, 5) is 9.84. The van der Waals surface area contributed by atoms with Crippen LogP contribution in [0, 0.1) is 17.2 Å². The second kappa shape index (κ2) is 7.08. The number of hydrogen-bond donors (Lipinski definition) is 1. The van der Waals surface area contributed by atoms with Crippen LogP contribution in [-0.2, 0) is 13.0 Å². The van der Waals surface area contributed by atoms with Gasteiger partial charge in [-0.15, -0.1) is 0 Å². The smallest absolute Gasteiger partial charge is 0.223 e. The molecule has 3 aromatic rings. The van der Waals surface area contributed by atoms with E-state index in [0.717, 1.165) is 29.0 Å². The summed E-state index contributed by atoms with van der Waals surface area (Å²) in [6, 6.07) is 14.7. The standard InChI is InChI=1S/C25H26FN3O/c1-25(2)17-12-20-22(16-7-9-19(30-3)10-8-16)28-24(29-23(20)21(25)13-17)27-14-15-5-4-6-18(26)11-15/h4-11,17,21H,12-14H2,1-3H3,(H,27,28,29). The van der Waals surface area contributed by atoms with Gasteiger partial charge in [0.1, 0.15) is 11.6 Å². The first-order valence-electron chi connectivity index (χ1n) is 10.5. The van der Waals surface area contributed by atoms with Crippen molar-refractivity contribution in [3.8, 4) is 17.0 Å². The third-order valence-electron chi connectivity index (χ3n) is 6.99. The molecule has 3 aliphatic carbocycles. The highest BCUT2D eigenvalue weighted by atomic mass is 19.1. The van der Waals surface area contributed by atoms with E-state index in [2.05, 4.69) is 31.3 Å². The first-order valence-corrected chi connectivity index (χ1v) is 10.5. The molecule has 2 aromatic carbocycles. The number of benzene rings is 2. The van der Waals surface area contributed by atoms with Crippen LogP contribution in [0.2, 0.25) is 0 Å². The highest BCUT2D eigenvalue weighted by Crippen LogP contribution is 2.62. The number of hydrogen-bond acceptors (Lipinski definition) is 4. The summed E-state index contributed by atoms with van der Waals surface area (Å²) in [7, 11) is 1.67. The number of nitrogens with one attached hydrogen (secondary N) is 1. The van der Waals surface area contributed by atoms with Crippen LogP contribution < -0.4 is 10.1 Å². The Balaban J connectivity index is 1.54. The van der Waals surface area contributed by atoms with E-state index in [9.17, 15) is 4.39 Å². The lowest BCUT2D eigenvalue weighted by Gasteiger charge is -2.56. The van der Waals surface area contributed by atoms with Crippen molar-refractivity contribution in [2.24, 2.45) is 11.3 Å². The van der Waals surface area contributed by atoms with Gasteiger partial charge in [0.25, 0.3) is 0 Å². The highest BCUT2D eigenvalue weighted by Gasteiger charge is 2.54. The van der Waals surface area contributed by atoms with Gasteiger partial charge < -0.3 is 10.1 Å². The zero-order valence-corrected chi connectivity index (χ0v) is 17.6. The number of methoxy groups -OCH3 is 1. The van der Waals surface area contributed by atoms with Crippen LogP contribution in [0.5, 0.6) is 5.75 Å². The molecule has 6 rings (SSSR count). The van der Waals surface area contributed by atoms with E-state index in [-0.39, 0.29) is 11.2 Å². The zero-order chi connectivity index (χ0) is 20.9. The zero-order valence-electron chi connectivity index (χ0n) is 17.6. The summed E-state index contributed by atoms with van der Waals surface area (Å²) in [5.41, 5.74) is 5.66. The fraction of sp³-hybridized carbons (Fsp3) is 0.360. The molecule has 2 bridgehead atoms. The Labute approximate surface area is 176 Å². The maximum atomic E-state index is 13.5. The van der Waals surface area contributed by atoms with Gasteiger partial charge in [-0.1, -0.05) is 26.0 Å². The fourth-order valence-electron chi connectivity index (χ4n) is 4.96. The average Bonchev–Trinajstić information content (AvgIpc) is 2.76. The minimum atomic E-state index is -0.234. The van der Waals surface area contributed by atoms with E-state index >= 15 is 0 Å². The van der Waals surface area contributed by atoms with E-state index in [1.54, 1.807) is 13.2 Å². The molecule has 154 valence electrons. The average molecular weight is 404 g/mol. The van der Waals surface area contributed by atoms with E-state index in [1.807, 2.05) is 18.2 Å². The van der Waals surface area contributed by atoms with Crippen molar-refractivity contribution >= 4 is 5.95 Å². The van der Waals surface area contributed by atoms with Crippen LogP contribution >= 0.6 is 0 Å². The topological polar surface area (TPSA) is 47.0 Å². The lowest BCUT2D eigenvalue weighted by molar-refractivity contribution is 0.0156. The molecule has 1 N–H and O–H groups in total. The largest absolute Gasteiger partial charge is 0.497 e. The Bertz CT molecular complexity index is 1090. The van der Waals surface area contributed by atoms with Crippen molar-refractivity contribution in [1.82, 2.24) is 9.97 Å². The molecule has 2 atom stereocenters. The molecule has 0 saturated heterocycles. The molecule has 0 amide bonds. The summed E-state index contributed by atoms with van der Waals surface area (Å²) in [5, 5.41) is 3.32. The molecule has 3 aliphatic rings.